The van der Waals surface area contributed by atoms with Crippen LogP contribution in [-0.2, 0) is 6.42 Å². The van der Waals surface area contributed by atoms with Crippen molar-refractivity contribution in [2.45, 2.75) is 33.1 Å². The molecule has 1 nitrogen and oxygen atoms in total. The van der Waals surface area contributed by atoms with E-state index in [1.807, 2.05) is 0 Å². The van der Waals surface area contributed by atoms with Crippen molar-refractivity contribution in [1.29, 1.82) is 0 Å². The lowest BCUT2D eigenvalue weighted by atomic mass is 9.84. The third-order valence-corrected chi connectivity index (χ3v) is 2.84. The normalized spacial score (nSPS) is 17.2. The van der Waals surface area contributed by atoms with Gasteiger partial charge in [-0.15, -0.1) is 0 Å². The summed E-state index contributed by atoms with van der Waals surface area (Å²) < 4.78 is 0. The molecule has 0 saturated heterocycles. The Hall–Kier alpha value is -0.820. The predicted molar refractivity (Wildman–Crippen MR) is 55.4 cm³/mol. The smallest absolute Gasteiger partial charge is 0.0637 e. The number of hydrogen-bond acceptors (Lipinski definition) is 1. The van der Waals surface area contributed by atoms with Gasteiger partial charge in [0.05, 0.1) is 6.04 Å². The zero-order chi connectivity index (χ0) is 9.42. The summed E-state index contributed by atoms with van der Waals surface area (Å²) in [6, 6.07) is 5.54. The summed E-state index contributed by atoms with van der Waals surface area (Å²) in [5, 5.41) is 0. The van der Waals surface area contributed by atoms with Gasteiger partial charge < -0.3 is 5.73 Å². The number of rotatable bonds is 0. The average Bonchev–Trinajstić information content (AvgIpc) is 2.07. The maximum Gasteiger partial charge on any atom is 0.0637 e. The molecular weight excluding hydrogens is 158 g/mol. The Kier molecular flexibility index (Phi) is 2.12. The van der Waals surface area contributed by atoms with Gasteiger partial charge in [-0.2, -0.15) is 0 Å². The third-order valence-electron chi connectivity index (χ3n) is 2.84. The molecule has 1 aliphatic rings. The van der Waals surface area contributed by atoms with Crippen molar-refractivity contribution >= 4 is 0 Å². The lowest BCUT2D eigenvalue weighted by Gasteiger charge is -2.23. The molecule has 0 spiro atoms. The van der Waals surface area contributed by atoms with E-state index in [-0.39, 0.29) is 0 Å². The molecule has 0 aliphatic heterocycles. The molecule has 0 unspecified atom stereocenters. The van der Waals surface area contributed by atoms with E-state index >= 15 is 0 Å². The molecule has 0 saturated carbocycles. The summed E-state index contributed by atoms with van der Waals surface area (Å²) in [4.78, 5) is 0. The van der Waals surface area contributed by atoms with Gasteiger partial charge in [-0.05, 0) is 49.8 Å². The second-order valence-corrected chi connectivity index (χ2v) is 3.99. The fourth-order valence-electron chi connectivity index (χ4n) is 2.21. The highest BCUT2D eigenvalue weighted by Crippen LogP contribution is 2.30. The van der Waals surface area contributed by atoms with Gasteiger partial charge in [-0.3, -0.25) is 0 Å². The average molecular weight is 174 g/mol. The maximum atomic E-state index is 6.00. The van der Waals surface area contributed by atoms with Gasteiger partial charge in [0.1, 0.15) is 0 Å². The molecule has 0 fully saturated rings. The van der Waals surface area contributed by atoms with E-state index in [2.05, 4.69) is 26.0 Å². The minimum Gasteiger partial charge on any atom is -0.320 e. The summed E-state index contributed by atoms with van der Waals surface area (Å²) in [5.41, 5.74) is 11.5. The highest BCUT2D eigenvalue weighted by atomic mass is 14.6. The Bertz CT molecular complexity index is 328. The lowest BCUT2D eigenvalue weighted by Crippen LogP contribution is -2.19. The molecule has 13 heavy (non-hydrogen) atoms. The first-order chi connectivity index (χ1) is 6.18. The summed E-state index contributed by atoms with van der Waals surface area (Å²) in [7, 11) is 0. The largest absolute Gasteiger partial charge is 0.320 e. The van der Waals surface area contributed by atoms with E-state index in [4.69, 9.17) is 5.73 Å². The Morgan fingerprint density at radius 1 is 1.15 bits per heavy atom. The van der Waals surface area contributed by atoms with Crippen molar-refractivity contribution < 1.29 is 0 Å². The van der Waals surface area contributed by atoms with Crippen LogP contribution in [0.15, 0.2) is 12.1 Å². The topological polar surface area (TPSA) is 26.0 Å². The van der Waals surface area contributed by atoms with Crippen LogP contribution < -0.4 is 5.73 Å². The van der Waals surface area contributed by atoms with Crippen LogP contribution in [0.4, 0.5) is 0 Å². The van der Waals surface area contributed by atoms with E-state index in [1.165, 1.54) is 35.1 Å². The molecule has 1 radical (unpaired) electrons. The number of benzene rings is 1. The van der Waals surface area contributed by atoms with Crippen molar-refractivity contribution in [3.63, 3.8) is 0 Å². The first-order valence-electron chi connectivity index (χ1n) is 4.90. The van der Waals surface area contributed by atoms with E-state index in [9.17, 15) is 0 Å². The molecule has 0 amide bonds. The summed E-state index contributed by atoms with van der Waals surface area (Å²) in [6.45, 7) is 4.32. The van der Waals surface area contributed by atoms with Crippen molar-refractivity contribution in [2.75, 3.05) is 0 Å². The van der Waals surface area contributed by atoms with Crippen LogP contribution in [-0.4, -0.2) is 0 Å². The first-order valence-corrected chi connectivity index (χ1v) is 4.90. The molecule has 1 aliphatic carbocycles. The van der Waals surface area contributed by atoms with Crippen LogP contribution >= 0.6 is 0 Å². The van der Waals surface area contributed by atoms with Gasteiger partial charge in [0.2, 0.25) is 0 Å². The summed E-state index contributed by atoms with van der Waals surface area (Å²) >= 11 is 0. The maximum absolute atomic E-state index is 6.00. The Morgan fingerprint density at radius 2 is 1.92 bits per heavy atom. The molecular formula is C12H16N. The van der Waals surface area contributed by atoms with Crippen LogP contribution in [0.3, 0.4) is 0 Å². The second-order valence-electron chi connectivity index (χ2n) is 3.99. The van der Waals surface area contributed by atoms with Crippen LogP contribution in [0.5, 0.6) is 0 Å². The van der Waals surface area contributed by atoms with Gasteiger partial charge in [0, 0.05) is 0 Å². The van der Waals surface area contributed by atoms with Gasteiger partial charge >= 0.3 is 0 Å². The van der Waals surface area contributed by atoms with Crippen LogP contribution in [0.1, 0.15) is 35.1 Å². The molecule has 69 valence electrons. The fraction of sp³-hybridized carbons (Fsp3) is 0.417. The molecule has 0 atom stereocenters. The minimum atomic E-state index is 1.07. The standard InChI is InChI=1S/C12H16N/c1-8-6-9(2)10-4-3-5-12(13)11(10)7-8/h6-7H,3-5,13H2,1-2H3. The number of aryl methyl sites for hydroxylation is 2. The van der Waals surface area contributed by atoms with Gasteiger partial charge in [-0.1, -0.05) is 17.7 Å². The fourth-order valence-corrected chi connectivity index (χ4v) is 2.21. The van der Waals surface area contributed by atoms with Crippen molar-refractivity contribution in [1.82, 2.24) is 0 Å². The Morgan fingerprint density at radius 3 is 2.69 bits per heavy atom. The first kappa shape index (κ1) is 8.76. The molecule has 2 rings (SSSR count). The Balaban J connectivity index is 2.56. The summed E-state index contributed by atoms with van der Waals surface area (Å²) in [6.07, 6.45) is 3.47. The number of fused-ring (bicyclic) bond motifs is 1. The molecule has 0 aromatic heterocycles. The van der Waals surface area contributed by atoms with Gasteiger partial charge in [0.25, 0.3) is 0 Å². The third kappa shape index (κ3) is 1.49. The highest BCUT2D eigenvalue weighted by molar-refractivity contribution is 5.46. The predicted octanol–water partition coefficient (Wildman–Crippen LogP) is 2.48. The summed E-state index contributed by atoms with van der Waals surface area (Å²) in [5.74, 6) is 0. The van der Waals surface area contributed by atoms with Crippen LogP contribution in [0.25, 0.3) is 0 Å². The number of nitrogens with two attached hydrogens (primary N) is 1. The zero-order valence-corrected chi connectivity index (χ0v) is 8.35. The molecule has 2 N–H and O–H groups in total. The molecule has 1 aromatic rings. The monoisotopic (exact) mass is 174 g/mol. The van der Waals surface area contributed by atoms with Crippen molar-refractivity contribution in [3.05, 3.63) is 40.4 Å². The van der Waals surface area contributed by atoms with Gasteiger partial charge in [0.15, 0.2) is 0 Å². The van der Waals surface area contributed by atoms with E-state index in [0.29, 0.717) is 0 Å². The van der Waals surface area contributed by atoms with Crippen LogP contribution in [0, 0.1) is 19.9 Å². The number of hydrogen-bond donors (Lipinski definition) is 1. The van der Waals surface area contributed by atoms with E-state index < -0.39 is 0 Å². The van der Waals surface area contributed by atoms with E-state index in [1.54, 1.807) is 0 Å². The molecule has 0 bridgehead atoms. The molecule has 0 heterocycles. The zero-order valence-electron chi connectivity index (χ0n) is 8.35. The second kappa shape index (κ2) is 3.15. The SMILES string of the molecule is Cc1cc(C)c2c(c1)[C](N)CCC2. The minimum absolute atomic E-state index is 1.07. The van der Waals surface area contributed by atoms with Crippen molar-refractivity contribution in [3.8, 4) is 0 Å². The van der Waals surface area contributed by atoms with E-state index in [0.717, 1.165) is 12.5 Å². The van der Waals surface area contributed by atoms with Gasteiger partial charge in [-0.25, -0.2) is 0 Å². The lowest BCUT2D eigenvalue weighted by molar-refractivity contribution is 0.700. The quantitative estimate of drug-likeness (QED) is 0.642. The van der Waals surface area contributed by atoms with Crippen LogP contribution in [0.2, 0.25) is 0 Å². The highest BCUT2D eigenvalue weighted by Gasteiger charge is 2.18. The molecule has 1 aromatic carbocycles. The van der Waals surface area contributed by atoms with Crippen molar-refractivity contribution in [2.24, 2.45) is 5.73 Å². The molecule has 1 heteroatoms. The Labute approximate surface area is 80.0 Å².